The molecule has 0 aliphatic heterocycles. The van der Waals surface area contributed by atoms with Gasteiger partial charge in [0.1, 0.15) is 6.04 Å². The fourth-order valence-electron chi connectivity index (χ4n) is 3.81. The molecule has 0 aliphatic rings. The van der Waals surface area contributed by atoms with Crippen molar-refractivity contribution in [2.45, 2.75) is 65.3 Å². The van der Waals surface area contributed by atoms with Gasteiger partial charge in [0.15, 0.2) is 0 Å². The van der Waals surface area contributed by atoms with E-state index in [1.54, 1.807) is 26.0 Å². The molecule has 1 unspecified atom stereocenters. The molecule has 0 aromatic heterocycles. The molecule has 2 aromatic carbocycles. The SMILES string of the molecule is Cc1ccc(C)c(C(=O)N(SSc2ccccc2)C(CC(C)C)C(=O)O)c1C(=O)N(CCC(C)C)C(=O)O. The minimum Gasteiger partial charge on any atom is -0.480 e. The number of carboxylic acid groups (broad SMARTS) is 2. The lowest BCUT2D eigenvalue weighted by atomic mass is 9.94. The number of imide groups is 1. The van der Waals surface area contributed by atoms with Crippen molar-refractivity contribution in [2.24, 2.45) is 11.8 Å². The molecule has 3 amide bonds. The summed E-state index contributed by atoms with van der Waals surface area (Å²) in [6.45, 7) is 10.9. The van der Waals surface area contributed by atoms with Gasteiger partial charge in [-0.1, -0.05) is 58.0 Å². The van der Waals surface area contributed by atoms with E-state index >= 15 is 0 Å². The van der Waals surface area contributed by atoms with E-state index in [4.69, 9.17) is 0 Å². The van der Waals surface area contributed by atoms with E-state index in [-0.39, 0.29) is 35.9 Å². The Labute approximate surface area is 232 Å². The standard InChI is InChI=1S/C28H36N2O6S2/c1-17(2)14-15-29(28(35)36)25(31)23-19(5)12-13-20(6)24(23)26(32)30(22(27(33)34)16-18(3)4)38-37-21-10-8-7-9-11-21/h7-13,17-18,22H,14-16H2,1-6H3,(H,33,34)(H,35,36). The number of rotatable bonds is 12. The minimum atomic E-state index is -1.40. The summed E-state index contributed by atoms with van der Waals surface area (Å²) < 4.78 is 1.21. The van der Waals surface area contributed by atoms with Crippen LogP contribution in [0.4, 0.5) is 4.79 Å². The third kappa shape index (κ3) is 8.26. The van der Waals surface area contributed by atoms with Gasteiger partial charge in [-0.15, -0.1) is 0 Å². The molecule has 2 aromatic rings. The van der Waals surface area contributed by atoms with E-state index in [0.29, 0.717) is 17.5 Å². The van der Waals surface area contributed by atoms with Crippen LogP contribution in [0.5, 0.6) is 0 Å². The summed E-state index contributed by atoms with van der Waals surface area (Å²) in [6, 6.07) is 11.4. The summed E-state index contributed by atoms with van der Waals surface area (Å²) in [6.07, 6.45) is -0.728. The summed E-state index contributed by atoms with van der Waals surface area (Å²) in [4.78, 5) is 53.8. The second-order valence-corrected chi connectivity index (χ2v) is 12.1. The normalized spacial score (nSPS) is 11.9. The van der Waals surface area contributed by atoms with E-state index in [1.807, 2.05) is 58.0 Å². The number of hydrogen-bond donors (Lipinski definition) is 2. The molecule has 0 saturated heterocycles. The molecule has 0 heterocycles. The molecule has 0 fully saturated rings. The summed E-state index contributed by atoms with van der Waals surface area (Å²) in [7, 11) is 2.24. The highest BCUT2D eigenvalue weighted by molar-refractivity contribution is 8.76. The topological polar surface area (TPSA) is 115 Å². The largest absolute Gasteiger partial charge is 0.480 e. The second kappa shape index (κ2) is 14.2. The number of carbonyl (C=O) groups is 4. The molecule has 8 nitrogen and oxygen atoms in total. The molecule has 0 radical (unpaired) electrons. The van der Waals surface area contributed by atoms with Gasteiger partial charge in [0.2, 0.25) is 0 Å². The Balaban J connectivity index is 2.62. The number of hydrogen-bond acceptors (Lipinski definition) is 6. The maximum Gasteiger partial charge on any atom is 0.414 e. The highest BCUT2D eigenvalue weighted by Crippen LogP contribution is 2.38. The molecule has 0 saturated carbocycles. The number of carboxylic acids is 1. The van der Waals surface area contributed by atoms with Crippen molar-refractivity contribution in [3.63, 3.8) is 0 Å². The summed E-state index contributed by atoms with van der Waals surface area (Å²) in [5.74, 6) is -2.45. The van der Waals surface area contributed by atoms with Crippen LogP contribution in [0.2, 0.25) is 0 Å². The number of carbonyl (C=O) groups excluding carboxylic acids is 2. The van der Waals surface area contributed by atoms with Gasteiger partial charge in [-0.05, 0) is 72.6 Å². The van der Waals surface area contributed by atoms with Gasteiger partial charge in [0.05, 0.1) is 11.1 Å². The average molecular weight is 561 g/mol. The fraction of sp³-hybridized carbons (Fsp3) is 0.429. The lowest BCUT2D eigenvalue weighted by Gasteiger charge is -2.30. The first-order valence-corrected chi connectivity index (χ1v) is 14.6. The van der Waals surface area contributed by atoms with Crippen LogP contribution in [-0.4, -0.2) is 55.9 Å². The van der Waals surface area contributed by atoms with E-state index in [9.17, 15) is 29.4 Å². The zero-order chi connectivity index (χ0) is 28.6. The van der Waals surface area contributed by atoms with Gasteiger partial charge >= 0.3 is 12.1 Å². The number of aryl methyl sites for hydroxylation is 2. The van der Waals surface area contributed by atoms with Crippen molar-refractivity contribution in [3.05, 3.63) is 64.7 Å². The Morgan fingerprint density at radius 3 is 1.84 bits per heavy atom. The van der Waals surface area contributed by atoms with Crippen LogP contribution < -0.4 is 0 Å². The molecule has 38 heavy (non-hydrogen) atoms. The first-order chi connectivity index (χ1) is 17.8. The van der Waals surface area contributed by atoms with Gasteiger partial charge in [-0.25, -0.2) is 14.5 Å². The molecule has 0 bridgehead atoms. The smallest absolute Gasteiger partial charge is 0.414 e. The van der Waals surface area contributed by atoms with E-state index < -0.39 is 29.9 Å². The van der Waals surface area contributed by atoms with E-state index in [0.717, 1.165) is 20.8 Å². The van der Waals surface area contributed by atoms with Gasteiger partial charge in [0, 0.05) is 22.4 Å². The first kappa shape index (κ1) is 31.2. The number of amides is 3. The molecular weight excluding hydrogens is 524 g/mol. The maximum absolute atomic E-state index is 14.2. The molecule has 10 heteroatoms. The van der Waals surface area contributed by atoms with E-state index in [2.05, 4.69) is 0 Å². The summed E-state index contributed by atoms with van der Waals surface area (Å²) in [5.41, 5.74) is 0.894. The maximum atomic E-state index is 14.2. The van der Waals surface area contributed by atoms with Gasteiger partial charge in [-0.3, -0.25) is 13.9 Å². The average Bonchev–Trinajstić information content (AvgIpc) is 2.84. The Morgan fingerprint density at radius 1 is 0.816 bits per heavy atom. The predicted octanol–water partition coefficient (Wildman–Crippen LogP) is 6.77. The molecule has 1 atom stereocenters. The summed E-state index contributed by atoms with van der Waals surface area (Å²) in [5, 5.41) is 19.9. The molecule has 2 rings (SSSR count). The van der Waals surface area contributed by atoms with Crippen LogP contribution in [0, 0.1) is 25.7 Å². The Bertz CT molecular complexity index is 1150. The lowest BCUT2D eigenvalue weighted by Crippen LogP contribution is -2.43. The third-order valence-corrected chi connectivity index (χ3v) is 8.28. The van der Waals surface area contributed by atoms with E-state index in [1.165, 1.54) is 15.1 Å². The quantitative estimate of drug-likeness (QED) is 0.216. The lowest BCUT2D eigenvalue weighted by molar-refractivity contribution is -0.141. The van der Waals surface area contributed by atoms with Crippen molar-refractivity contribution < 1.29 is 29.4 Å². The van der Waals surface area contributed by atoms with Crippen molar-refractivity contribution in [2.75, 3.05) is 6.54 Å². The highest BCUT2D eigenvalue weighted by Gasteiger charge is 2.36. The second-order valence-electron chi connectivity index (χ2n) is 9.96. The van der Waals surface area contributed by atoms with Gasteiger partial charge < -0.3 is 10.2 Å². The van der Waals surface area contributed by atoms with Crippen LogP contribution >= 0.6 is 21.8 Å². The minimum absolute atomic E-state index is 0.0136. The number of aliphatic carboxylic acids is 1. The highest BCUT2D eigenvalue weighted by atomic mass is 33.1. The van der Waals surface area contributed by atoms with Crippen LogP contribution in [0.15, 0.2) is 47.4 Å². The van der Waals surface area contributed by atoms with Crippen molar-refractivity contribution >= 4 is 45.7 Å². The number of benzene rings is 2. The predicted molar refractivity (Wildman–Crippen MR) is 151 cm³/mol. The Morgan fingerprint density at radius 2 is 1.37 bits per heavy atom. The Kier molecular flexibility index (Phi) is 11.7. The monoisotopic (exact) mass is 560 g/mol. The zero-order valence-corrected chi connectivity index (χ0v) is 24.3. The molecule has 0 aliphatic carbocycles. The zero-order valence-electron chi connectivity index (χ0n) is 22.6. The summed E-state index contributed by atoms with van der Waals surface area (Å²) >= 11 is 0. The van der Waals surface area contributed by atoms with Crippen LogP contribution in [-0.2, 0) is 4.79 Å². The van der Waals surface area contributed by atoms with Gasteiger partial charge in [0.25, 0.3) is 11.8 Å². The van der Waals surface area contributed by atoms with Crippen molar-refractivity contribution in [3.8, 4) is 0 Å². The van der Waals surface area contributed by atoms with Gasteiger partial charge in [-0.2, -0.15) is 0 Å². The van der Waals surface area contributed by atoms with Crippen molar-refractivity contribution in [1.29, 1.82) is 0 Å². The van der Waals surface area contributed by atoms with Crippen LogP contribution in [0.3, 0.4) is 0 Å². The fourth-order valence-corrected chi connectivity index (χ4v) is 6.03. The number of nitrogens with zero attached hydrogens (tertiary/aromatic N) is 2. The molecular formula is C28H36N2O6S2. The van der Waals surface area contributed by atoms with Crippen LogP contribution in [0.1, 0.15) is 72.4 Å². The molecule has 2 N–H and O–H groups in total. The molecule has 206 valence electrons. The van der Waals surface area contributed by atoms with Crippen LogP contribution in [0.25, 0.3) is 0 Å². The molecule has 0 spiro atoms. The first-order valence-electron chi connectivity index (χ1n) is 12.5. The van der Waals surface area contributed by atoms with Crippen molar-refractivity contribution in [1.82, 2.24) is 9.21 Å². The third-order valence-electron chi connectivity index (χ3n) is 5.88. The Hall–Kier alpha value is -2.98.